The first-order valence-corrected chi connectivity index (χ1v) is 12.0. The smallest absolute Gasteiger partial charge is 0.330 e. The number of hydrogen-bond donors (Lipinski definition) is 0. The molecule has 5 heteroatoms. The van der Waals surface area contributed by atoms with Gasteiger partial charge in [0.15, 0.2) is 8.32 Å². The molecule has 0 N–H and O–H groups in total. The zero-order valence-corrected chi connectivity index (χ0v) is 18.2. The van der Waals surface area contributed by atoms with E-state index in [1.807, 2.05) is 36.4 Å². The zero-order valence-electron chi connectivity index (χ0n) is 17.2. The van der Waals surface area contributed by atoms with Crippen molar-refractivity contribution in [1.29, 1.82) is 0 Å². The molecule has 0 saturated carbocycles. The van der Waals surface area contributed by atoms with E-state index in [0.29, 0.717) is 13.2 Å². The number of carbonyl (C=O) groups excluding carboxylic acids is 1. The van der Waals surface area contributed by atoms with Gasteiger partial charge in [-0.05, 0) is 30.6 Å². The molecule has 0 spiro atoms. The lowest BCUT2D eigenvalue weighted by atomic mass is 10.0. The van der Waals surface area contributed by atoms with Gasteiger partial charge in [0.05, 0.1) is 26.4 Å². The molecule has 0 aromatic heterocycles. The third kappa shape index (κ3) is 7.44. The van der Waals surface area contributed by atoms with E-state index in [9.17, 15) is 4.79 Å². The summed E-state index contributed by atoms with van der Waals surface area (Å²) in [5.41, 5.74) is 1.13. The van der Waals surface area contributed by atoms with Crippen molar-refractivity contribution in [2.24, 2.45) is 5.92 Å². The average Bonchev–Trinajstić information content (AvgIpc) is 2.56. The Morgan fingerprint density at radius 1 is 1.19 bits per heavy atom. The number of benzene rings is 1. The Morgan fingerprint density at radius 3 is 2.35 bits per heavy atom. The Kier molecular flexibility index (Phi) is 8.73. The Bertz CT molecular complexity index is 575. The van der Waals surface area contributed by atoms with Gasteiger partial charge < -0.3 is 13.9 Å². The van der Waals surface area contributed by atoms with E-state index in [4.69, 9.17) is 13.9 Å². The van der Waals surface area contributed by atoms with Gasteiger partial charge in [-0.25, -0.2) is 4.79 Å². The largest absolute Gasteiger partial charge is 0.466 e. The second kappa shape index (κ2) is 10.0. The fraction of sp³-hybridized carbons (Fsp3) is 0.571. The molecule has 0 radical (unpaired) electrons. The number of rotatable bonds is 9. The number of ether oxygens (including phenoxy) is 2. The van der Waals surface area contributed by atoms with E-state index in [1.54, 1.807) is 0 Å². The zero-order chi connectivity index (χ0) is 19.8. The lowest BCUT2D eigenvalue weighted by Gasteiger charge is -2.40. The molecule has 0 fully saturated rings. The highest BCUT2D eigenvalue weighted by Gasteiger charge is 2.39. The Balaban J connectivity index is 2.76. The van der Waals surface area contributed by atoms with Crippen molar-refractivity contribution in [2.45, 2.75) is 58.5 Å². The van der Waals surface area contributed by atoms with Crippen molar-refractivity contribution in [2.75, 3.05) is 13.7 Å². The van der Waals surface area contributed by atoms with Crippen LogP contribution >= 0.6 is 0 Å². The Morgan fingerprint density at radius 2 is 1.81 bits per heavy atom. The molecule has 0 heterocycles. The summed E-state index contributed by atoms with van der Waals surface area (Å²) in [6.45, 7) is 14.2. The van der Waals surface area contributed by atoms with Gasteiger partial charge in [0, 0.05) is 12.0 Å². The molecular weight excluding hydrogens is 344 g/mol. The van der Waals surface area contributed by atoms with E-state index in [1.165, 1.54) is 13.2 Å². The van der Waals surface area contributed by atoms with Crippen LogP contribution < -0.4 is 0 Å². The van der Waals surface area contributed by atoms with E-state index < -0.39 is 8.32 Å². The molecule has 0 aliphatic carbocycles. The van der Waals surface area contributed by atoms with Crippen LogP contribution in [0.25, 0.3) is 0 Å². The summed E-state index contributed by atoms with van der Waals surface area (Å²) < 4.78 is 17.1. The molecule has 0 aliphatic heterocycles. The van der Waals surface area contributed by atoms with Crippen molar-refractivity contribution in [3.05, 3.63) is 48.0 Å². The molecular formula is C21H34O4Si. The first kappa shape index (κ1) is 22.6. The van der Waals surface area contributed by atoms with Gasteiger partial charge in [0.25, 0.3) is 0 Å². The van der Waals surface area contributed by atoms with Gasteiger partial charge in [-0.3, -0.25) is 0 Å². The molecule has 4 nitrogen and oxygen atoms in total. The monoisotopic (exact) mass is 378 g/mol. The topological polar surface area (TPSA) is 44.8 Å². The maximum atomic E-state index is 11.5. The van der Waals surface area contributed by atoms with Crippen molar-refractivity contribution >= 4 is 14.3 Å². The van der Waals surface area contributed by atoms with Crippen LogP contribution in [0.2, 0.25) is 18.1 Å². The lowest BCUT2D eigenvalue weighted by Crippen LogP contribution is -2.45. The van der Waals surface area contributed by atoms with Crippen molar-refractivity contribution in [1.82, 2.24) is 0 Å². The van der Waals surface area contributed by atoms with Gasteiger partial charge in [-0.15, -0.1) is 0 Å². The fourth-order valence-corrected chi connectivity index (χ4v) is 3.69. The fourth-order valence-electron chi connectivity index (χ4n) is 2.23. The number of esters is 1. The summed E-state index contributed by atoms with van der Waals surface area (Å²) in [6.07, 6.45) is 3.25. The summed E-state index contributed by atoms with van der Waals surface area (Å²) in [7, 11) is -0.526. The minimum absolute atomic E-state index is 0.0214. The molecule has 1 aromatic carbocycles. The summed E-state index contributed by atoms with van der Waals surface area (Å²) in [5, 5.41) is 0.128. The molecule has 2 atom stereocenters. The second-order valence-corrected chi connectivity index (χ2v) is 12.9. The van der Waals surface area contributed by atoms with Crippen LogP contribution in [0.5, 0.6) is 0 Å². The van der Waals surface area contributed by atoms with Gasteiger partial charge >= 0.3 is 5.97 Å². The van der Waals surface area contributed by atoms with Crippen molar-refractivity contribution < 1.29 is 18.7 Å². The minimum Gasteiger partial charge on any atom is -0.466 e. The van der Waals surface area contributed by atoms with Crippen LogP contribution in [0.3, 0.4) is 0 Å². The summed E-state index contributed by atoms with van der Waals surface area (Å²) in [5.74, 6) is -0.385. The van der Waals surface area contributed by atoms with Crippen LogP contribution in [0.4, 0.5) is 0 Å². The highest BCUT2D eigenvalue weighted by atomic mass is 28.4. The van der Waals surface area contributed by atoms with E-state index in [2.05, 4.69) is 40.8 Å². The Hall–Kier alpha value is -1.43. The molecule has 1 aromatic rings. The first-order valence-electron chi connectivity index (χ1n) is 9.12. The van der Waals surface area contributed by atoms with Gasteiger partial charge in [0.2, 0.25) is 0 Å². The highest BCUT2D eigenvalue weighted by Crippen LogP contribution is 2.38. The summed E-state index contributed by atoms with van der Waals surface area (Å²) >= 11 is 0. The van der Waals surface area contributed by atoms with E-state index in [0.717, 1.165) is 5.56 Å². The maximum absolute atomic E-state index is 11.5. The molecule has 0 unspecified atom stereocenters. The van der Waals surface area contributed by atoms with Crippen LogP contribution in [0.15, 0.2) is 42.5 Å². The molecule has 1 rings (SSSR count). The van der Waals surface area contributed by atoms with Crippen LogP contribution in [-0.4, -0.2) is 34.1 Å². The third-order valence-corrected chi connectivity index (χ3v) is 9.57. The Labute approximate surface area is 159 Å². The summed E-state index contributed by atoms with van der Waals surface area (Å²) in [6, 6.07) is 10.1. The summed E-state index contributed by atoms with van der Waals surface area (Å²) in [4.78, 5) is 11.5. The SMILES string of the molecule is COC(=O)C=C[C@H](COCc1ccccc1)[C@@H](C)O[Si](C)(C)C(C)(C)C. The lowest BCUT2D eigenvalue weighted by molar-refractivity contribution is -0.134. The minimum atomic E-state index is -1.90. The maximum Gasteiger partial charge on any atom is 0.330 e. The molecule has 26 heavy (non-hydrogen) atoms. The predicted molar refractivity (Wildman–Crippen MR) is 108 cm³/mol. The number of hydrogen-bond acceptors (Lipinski definition) is 4. The van der Waals surface area contributed by atoms with Crippen molar-refractivity contribution in [3.8, 4) is 0 Å². The average molecular weight is 379 g/mol. The van der Waals surface area contributed by atoms with Crippen LogP contribution in [0.1, 0.15) is 33.3 Å². The van der Waals surface area contributed by atoms with E-state index >= 15 is 0 Å². The second-order valence-electron chi connectivity index (χ2n) is 8.13. The standard InChI is InChI=1S/C21H34O4Si/c1-17(25-26(6,7)21(2,3)4)19(13-14-20(22)23-5)16-24-15-18-11-9-8-10-12-18/h8-14,17,19H,15-16H2,1-7H3/t17-,19-/m1/s1. The van der Waals surface area contributed by atoms with Crippen LogP contribution in [-0.2, 0) is 25.3 Å². The van der Waals surface area contributed by atoms with Gasteiger partial charge in [0.1, 0.15) is 0 Å². The van der Waals surface area contributed by atoms with Crippen LogP contribution in [0, 0.1) is 5.92 Å². The molecule has 0 amide bonds. The molecule has 146 valence electrons. The number of carbonyl (C=O) groups is 1. The quantitative estimate of drug-likeness (QED) is 0.346. The predicted octanol–water partition coefficient (Wildman–Crippen LogP) is 4.96. The molecule has 0 bridgehead atoms. The third-order valence-electron chi connectivity index (χ3n) is 4.99. The van der Waals surface area contributed by atoms with Crippen molar-refractivity contribution in [3.63, 3.8) is 0 Å². The molecule has 0 aliphatic rings. The van der Waals surface area contributed by atoms with Gasteiger partial charge in [-0.1, -0.05) is 57.2 Å². The van der Waals surface area contributed by atoms with Gasteiger partial charge in [-0.2, -0.15) is 0 Å². The first-order chi connectivity index (χ1) is 12.1. The normalized spacial score (nSPS) is 15.0. The number of methoxy groups -OCH3 is 1. The van der Waals surface area contributed by atoms with E-state index in [-0.39, 0.29) is 23.0 Å². The molecule has 0 saturated heterocycles. The highest BCUT2D eigenvalue weighted by molar-refractivity contribution is 6.74.